The van der Waals surface area contributed by atoms with Crippen LogP contribution in [0.25, 0.3) is 0 Å². The Hall–Kier alpha value is -2.83. The average molecular weight is 1120 g/mol. The number of hydrogen-bond acceptors (Lipinski definition) is 13. The van der Waals surface area contributed by atoms with Crippen LogP contribution in [0.15, 0.2) is 85.1 Å². The van der Waals surface area contributed by atoms with E-state index in [1.807, 2.05) is 6.08 Å². The lowest BCUT2D eigenvalue weighted by molar-refractivity contribution is -0.359. The Bertz CT molecular complexity index is 1650. The van der Waals surface area contributed by atoms with Crippen molar-refractivity contribution in [3.63, 3.8) is 0 Å². The second-order valence-corrected chi connectivity index (χ2v) is 21.8. The molecule has 0 saturated carbocycles. The van der Waals surface area contributed by atoms with Gasteiger partial charge in [0, 0.05) is 6.42 Å². The molecule has 2 rings (SSSR count). The average Bonchev–Trinajstić information content (AvgIpc) is 3.47. The maximum Gasteiger partial charge on any atom is 0.220 e. The van der Waals surface area contributed by atoms with Crippen LogP contribution in [0.1, 0.15) is 226 Å². The van der Waals surface area contributed by atoms with Crippen molar-refractivity contribution in [3.8, 4) is 0 Å². The molecular weight excluding hydrogens is 1000 g/mol. The van der Waals surface area contributed by atoms with Gasteiger partial charge in [0.15, 0.2) is 12.6 Å². The highest BCUT2D eigenvalue weighted by atomic mass is 16.7. The van der Waals surface area contributed by atoms with Crippen LogP contribution in [0.4, 0.5) is 0 Å². The fourth-order valence-electron chi connectivity index (χ4n) is 9.80. The molecule has 12 atom stereocenters. The minimum Gasteiger partial charge on any atom is -0.394 e. The fourth-order valence-corrected chi connectivity index (χ4v) is 9.80. The number of carbonyl (C=O) groups is 1. The lowest BCUT2D eigenvalue weighted by Crippen LogP contribution is -2.65. The summed E-state index contributed by atoms with van der Waals surface area (Å²) in [4.78, 5) is 13.3. The molecule has 2 fully saturated rings. The Labute approximate surface area is 478 Å². The Morgan fingerprint density at radius 1 is 0.468 bits per heavy atom. The summed E-state index contributed by atoms with van der Waals surface area (Å²) in [5.41, 5.74) is 0. The molecule has 0 aliphatic carbocycles. The number of unbranched alkanes of at least 4 members (excludes halogenated alkanes) is 24. The van der Waals surface area contributed by atoms with Crippen LogP contribution in [0.3, 0.4) is 0 Å². The van der Waals surface area contributed by atoms with E-state index < -0.39 is 86.8 Å². The molecule has 0 aromatic carbocycles. The lowest BCUT2D eigenvalue weighted by atomic mass is 9.97. The van der Waals surface area contributed by atoms with Crippen molar-refractivity contribution in [3.05, 3.63) is 85.1 Å². The molecule has 0 spiro atoms. The number of nitrogens with one attached hydrogen (secondary N) is 1. The van der Waals surface area contributed by atoms with Crippen LogP contribution in [-0.4, -0.2) is 140 Å². The van der Waals surface area contributed by atoms with E-state index in [1.165, 1.54) is 116 Å². The Balaban J connectivity index is 1.78. The van der Waals surface area contributed by atoms with E-state index in [1.54, 1.807) is 6.08 Å². The van der Waals surface area contributed by atoms with Gasteiger partial charge in [0.25, 0.3) is 0 Å². The van der Waals surface area contributed by atoms with Gasteiger partial charge in [-0.15, -0.1) is 0 Å². The van der Waals surface area contributed by atoms with Crippen molar-refractivity contribution >= 4 is 5.91 Å². The van der Waals surface area contributed by atoms with Crippen molar-refractivity contribution < 1.29 is 64.6 Å². The van der Waals surface area contributed by atoms with Crippen molar-refractivity contribution in [2.24, 2.45) is 0 Å². The minimum absolute atomic E-state index is 0.247. The number of allylic oxidation sites excluding steroid dienone is 13. The van der Waals surface area contributed by atoms with Crippen LogP contribution in [0.2, 0.25) is 0 Å². The van der Waals surface area contributed by atoms with Crippen molar-refractivity contribution in [2.45, 2.75) is 299 Å². The van der Waals surface area contributed by atoms with E-state index in [9.17, 15) is 45.6 Å². The molecule has 0 radical (unpaired) electrons. The fraction of sp³-hybridized carbons (Fsp3) is 0.769. The summed E-state index contributed by atoms with van der Waals surface area (Å²) in [5, 5.41) is 87.2. The smallest absolute Gasteiger partial charge is 0.220 e. The Morgan fingerprint density at radius 2 is 0.886 bits per heavy atom. The van der Waals surface area contributed by atoms with Gasteiger partial charge in [-0.1, -0.05) is 227 Å². The van der Waals surface area contributed by atoms with Crippen LogP contribution in [0.5, 0.6) is 0 Å². The third kappa shape index (κ3) is 35.0. The van der Waals surface area contributed by atoms with Gasteiger partial charge in [-0.3, -0.25) is 4.79 Å². The molecule has 0 bridgehead atoms. The summed E-state index contributed by atoms with van der Waals surface area (Å²) in [7, 11) is 0. The van der Waals surface area contributed by atoms with Gasteiger partial charge in [-0.2, -0.15) is 0 Å². The second-order valence-electron chi connectivity index (χ2n) is 21.8. The first-order chi connectivity index (χ1) is 38.6. The van der Waals surface area contributed by atoms with Crippen LogP contribution in [-0.2, 0) is 23.7 Å². The third-order valence-corrected chi connectivity index (χ3v) is 14.8. The van der Waals surface area contributed by atoms with E-state index in [2.05, 4.69) is 92.1 Å². The molecule has 79 heavy (non-hydrogen) atoms. The van der Waals surface area contributed by atoms with E-state index in [0.29, 0.717) is 12.8 Å². The van der Waals surface area contributed by atoms with Gasteiger partial charge in [-0.25, -0.2) is 0 Å². The quantitative estimate of drug-likeness (QED) is 0.0204. The van der Waals surface area contributed by atoms with Crippen LogP contribution >= 0.6 is 0 Å². The minimum atomic E-state index is -1.80. The number of amides is 1. The Kier molecular flexibility index (Phi) is 45.5. The zero-order chi connectivity index (χ0) is 57.4. The van der Waals surface area contributed by atoms with Crippen molar-refractivity contribution in [1.29, 1.82) is 0 Å². The summed E-state index contributed by atoms with van der Waals surface area (Å²) in [6.45, 7) is 2.66. The molecule has 2 saturated heterocycles. The summed E-state index contributed by atoms with van der Waals surface area (Å²) < 4.78 is 22.8. The van der Waals surface area contributed by atoms with Gasteiger partial charge in [0.2, 0.25) is 5.91 Å². The van der Waals surface area contributed by atoms with E-state index in [-0.39, 0.29) is 18.9 Å². The summed E-state index contributed by atoms with van der Waals surface area (Å²) in [5.74, 6) is -0.270. The first kappa shape index (κ1) is 72.3. The molecule has 9 N–H and O–H groups in total. The van der Waals surface area contributed by atoms with Crippen LogP contribution in [0, 0.1) is 0 Å². The number of ether oxygens (including phenoxy) is 4. The summed E-state index contributed by atoms with van der Waals surface area (Å²) >= 11 is 0. The molecule has 2 aliphatic heterocycles. The number of hydrogen-bond donors (Lipinski definition) is 9. The molecule has 12 unspecified atom stereocenters. The van der Waals surface area contributed by atoms with Crippen LogP contribution < -0.4 is 5.32 Å². The molecule has 456 valence electrons. The summed E-state index contributed by atoms with van der Waals surface area (Å²) in [6, 6.07) is -0.948. The van der Waals surface area contributed by atoms with E-state index >= 15 is 0 Å². The summed E-state index contributed by atoms with van der Waals surface area (Å²) in [6.07, 6.45) is 50.5. The largest absolute Gasteiger partial charge is 0.394 e. The Morgan fingerprint density at radius 3 is 1.39 bits per heavy atom. The normalized spacial score (nSPS) is 25.0. The van der Waals surface area contributed by atoms with E-state index in [0.717, 1.165) is 77.0 Å². The lowest BCUT2D eigenvalue weighted by Gasteiger charge is -2.46. The standard InChI is InChI=1S/C65H113NO13/c1-3-5-7-9-11-13-15-17-19-21-23-25-26-27-29-30-32-34-36-38-40-42-44-46-48-54(69)53(52-76-64-62(75)60(73)63(56(51-68)78-64)79-65-61(74)59(72)58(71)55(50-67)77-65)66-57(70)49-47-45-43-41-39-37-35-33-31-28-24-22-20-18-16-14-12-10-8-6-4-2/h6,8,12,14,18,20,24,28,33,35,38,40,46,48,53-56,58-65,67-69,71-75H,3-5,7,9-11,13,15-17,19,21-23,25-27,29-32,34,36-37,39,41-45,47,49-52H2,1-2H3,(H,66,70)/b8-6-,14-12-,20-18-,28-24-,35-33-,40-38+,48-46+. The molecule has 14 heteroatoms. The molecular formula is C65H113NO13. The monoisotopic (exact) mass is 1120 g/mol. The highest BCUT2D eigenvalue weighted by Gasteiger charge is 2.51. The zero-order valence-corrected chi connectivity index (χ0v) is 49.1. The van der Waals surface area contributed by atoms with Gasteiger partial charge >= 0.3 is 0 Å². The van der Waals surface area contributed by atoms with Crippen molar-refractivity contribution in [1.82, 2.24) is 5.32 Å². The molecule has 14 nitrogen and oxygen atoms in total. The van der Waals surface area contributed by atoms with Gasteiger partial charge < -0.3 is 65.1 Å². The molecule has 0 aromatic heterocycles. The topological polar surface area (TPSA) is 228 Å². The second kappa shape index (κ2) is 49.8. The van der Waals surface area contributed by atoms with Gasteiger partial charge in [0.05, 0.1) is 32.0 Å². The molecule has 2 heterocycles. The highest BCUT2D eigenvalue weighted by Crippen LogP contribution is 2.30. The first-order valence-corrected chi connectivity index (χ1v) is 31.3. The number of carbonyl (C=O) groups excluding carboxylic acids is 1. The number of rotatable bonds is 49. The zero-order valence-electron chi connectivity index (χ0n) is 49.1. The predicted octanol–water partition coefficient (Wildman–Crippen LogP) is 11.3. The maximum absolute atomic E-state index is 13.3. The highest BCUT2D eigenvalue weighted by molar-refractivity contribution is 5.76. The predicted molar refractivity (Wildman–Crippen MR) is 318 cm³/mol. The molecule has 2 aliphatic rings. The number of aliphatic hydroxyl groups excluding tert-OH is 8. The van der Waals surface area contributed by atoms with Crippen molar-refractivity contribution in [2.75, 3.05) is 19.8 Å². The van der Waals surface area contributed by atoms with E-state index in [4.69, 9.17) is 18.9 Å². The molecule has 0 aromatic rings. The maximum atomic E-state index is 13.3. The molecule has 1 amide bonds. The third-order valence-electron chi connectivity index (χ3n) is 14.8. The number of aliphatic hydroxyl groups is 8. The van der Waals surface area contributed by atoms with Gasteiger partial charge in [0.1, 0.15) is 48.8 Å². The van der Waals surface area contributed by atoms with Gasteiger partial charge in [-0.05, 0) is 77.0 Å². The first-order valence-electron chi connectivity index (χ1n) is 31.3. The SMILES string of the molecule is CC/C=C\C/C=C\C/C=C\C/C=C\C/C=C\CCCCCCCC(=O)NC(COC1OC(CO)C(OC2OC(CO)C(O)C(O)C2O)C(O)C1O)C(O)/C=C/CC/C=C/CCCCCCCCCCCCCCCCCCCC.